The average molecular weight is 334 g/mol. The number of rotatable bonds is 3. The molecular formula is C20H18N2OS. The van der Waals surface area contributed by atoms with Crippen molar-refractivity contribution in [2.75, 3.05) is 0 Å². The fourth-order valence-electron chi connectivity index (χ4n) is 3.14. The fourth-order valence-corrected chi connectivity index (χ4v) is 3.90. The largest absolute Gasteiger partial charge is 0.507 e. The maximum atomic E-state index is 10.5. The average Bonchev–Trinajstić information content (AvgIpc) is 3.10. The Balaban J connectivity index is 1.98. The first kappa shape index (κ1) is 15.1. The summed E-state index contributed by atoms with van der Waals surface area (Å²) in [6.45, 7) is 2.08. The molecule has 0 fully saturated rings. The van der Waals surface area contributed by atoms with Crippen LogP contribution >= 0.6 is 11.3 Å². The Morgan fingerprint density at radius 1 is 1.12 bits per heavy atom. The third-order valence-corrected chi connectivity index (χ3v) is 5.37. The Morgan fingerprint density at radius 3 is 2.67 bits per heavy atom. The van der Waals surface area contributed by atoms with Gasteiger partial charge in [0.1, 0.15) is 5.75 Å². The van der Waals surface area contributed by atoms with Gasteiger partial charge in [-0.05, 0) is 41.1 Å². The van der Waals surface area contributed by atoms with Crippen molar-refractivity contribution >= 4 is 32.3 Å². The summed E-state index contributed by atoms with van der Waals surface area (Å²) in [4.78, 5) is 4.55. The highest BCUT2D eigenvalue weighted by atomic mass is 32.1. The molecule has 0 saturated heterocycles. The Morgan fingerprint density at radius 2 is 1.92 bits per heavy atom. The maximum absolute atomic E-state index is 10.5. The molecule has 2 aromatic carbocycles. The molecular weight excluding hydrogens is 316 g/mol. The number of phenolic OH excluding ortho intramolecular Hbond substituents is 1. The van der Waals surface area contributed by atoms with Crippen molar-refractivity contribution in [3.05, 3.63) is 59.6 Å². The molecule has 1 unspecified atom stereocenters. The van der Waals surface area contributed by atoms with E-state index in [-0.39, 0.29) is 11.8 Å². The molecule has 3 nitrogen and oxygen atoms in total. The van der Waals surface area contributed by atoms with E-state index in [2.05, 4.69) is 23.4 Å². The number of thiophene rings is 1. The number of nitrogens with zero attached hydrogens (tertiary/aromatic N) is 1. The minimum absolute atomic E-state index is 0.0467. The van der Waals surface area contributed by atoms with Gasteiger partial charge in [-0.3, -0.25) is 4.98 Å². The summed E-state index contributed by atoms with van der Waals surface area (Å²) in [5.41, 5.74) is 9.92. The van der Waals surface area contributed by atoms with Gasteiger partial charge in [0.25, 0.3) is 0 Å². The molecule has 0 spiro atoms. The second-order valence-corrected chi connectivity index (χ2v) is 6.89. The molecule has 4 heteroatoms. The third-order valence-electron chi connectivity index (χ3n) is 4.51. The number of hydrogen-bond donors (Lipinski definition) is 2. The lowest BCUT2D eigenvalue weighted by molar-refractivity contribution is 0.478. The van der Waals surface area contributed by atoms with Gasteiger partial charge < -0.3 is 10.8 Å². The summed E-state index contributed by atoms with van der Waals surface area (Å²) in [5, 5.41) is 14.7. The molecule has 0 radical (unpaired) electrons. The molecule has 0 amide bonds. The van der Waals surface area contributed by atoms with Crippen molar-refractivity contribution < 1.29 is 5.11 Å². The van der Waals surface area contributed by atoms with Crippen molar-refractivity contribution in [1.29, 1.82) is 0 Å². The van der Waals surface area contributed by atoms with Crippen LogP contribution in [0, 0.1) is 0 Å². The lowest BCUT2D eigenvalue weighted by Gasteiger charge is -2.13. The van der Waals surface area contributed by atoms with E-state index >= 15 is 0 Å². The summed E-state index contributed by atoms with van der Waals surface area (Å²) in [7, 11) is 0. The predicted molar refractivity (Wildman–Crippen MR) is 101 cm³/mol. The van der Waals surface area contributed by atoms with E-state index in [0.29, 0.717) is 0 Å². The molecule has 24 heavy (non-hydrogen) atoms. The van der Waals surface area contributed by atoms with Gasteiger partial charge in [-0.25, -0.2) is 0 Å². The number of hydrogen-bond acceptors (Lipinski definition) is 4. The lowest BCUT2D eigenvalue weighted by Crippen LogP contribution is -2.08. The number of aromatic nitrogens is 1. The first-order valence-electron chi connectivity index (χ1n) is 8.03. The van der Waals surface area contributed by atoms with Crippen molar-refractivity contribution in [2.45, 2.75) is 19.4 Å². The molecule has 3 N–H and O–H groups in total. The number of pyridine rings is 1. The first-order chi connectivity index (χ1) is 11.7. The van der Waals surface area contributed by atoms with Crippen LogP contribution in [0.5, 0.6) is 5.75 Å². The minimum Gasteiger partial charge on any atom is -0.507 e. The van der Waals surface area contributed by atoms with E-state index in [1.54, 1.807) is 17.4 Å². The number of fused-ring (bicyclic) bond motifs is 3. The molecule has 2 heterocycles. The number of phenols is 1. The molecule has 0 bridgehead atoms. The van der Waals surface area contributed by atoms with Gasteiger partial charge in [0.05, 0.1) is 10.2 Å². The number of aromatic hydroxyl groups is 1. The van der Waals surface area contributed by atoms with E-state index in [1.807, 2.05) is 36.5 Å². The van der Waals surface area contributed by atoms with Gasteiger partial charge in [0.2, 0.25) is 0 Å². The van der Waals surface area contributed by atoms with Crippen molar-refractivity contribution in [3.63, 3.8) is 0 Å². The van der Waals surface area contributed by atoms with Gasteiger partial charge in [0.15, 0.2) is 0 Å². The molecule has 4 aromatic rings. The SMILES string of the molecule is CCC(N)c1ccc(-c2c(O)ccc3ncc4sccc4c23)cc1. The molecule has 0 aliphatic heterocycles. The lowest BCUT2D eigenvalue weighted by atomic mass is 9.95. The van der Waals surface area contributed by atoms with Gasteiger partial charge in [-0.2, -0.15) is 0 Å². The Hall–Kier alpha value is -2.43. The molecule has 4 rings (SSSR count). The van der Waals surface area contributed by atoms with Crippen LogP contribution in [0.4, 0.5) is 0 Å². The summed E-state index contributed by atoms with van der Waals surface area (Å²) in [6, 6.07) is 13.9. The van der Waals surface area contributed by atoms with E-state index < -0.39 is 0 Å². The highest BCUT2D eigenvalue weighted by molar-refractivity contribution is 7.17. The molecule has 2 aromatic heterocycles. The fraction of sp³-hybridized carbons (Fsp3) is 0.150. The molecule has 0 aliphatic rings. The summed E-state index contributed by atoms with van der Waals surface area (Å²) >= 11 is 1.66. The van der Waals surface area contributed by atoms with Gasteiger partial charge in [0, 0.05) is 28.6 Å². The second kappa shape index (κ2) is 5.89. The summed E-state index contributed by atoms with van der Waals surface area (Å²) in [6.07, 6.45) is 2.80. The quantitative estimate of drug-likeness (QED) is 0.539. The topological polar surface area (TPSA) is 59.1 Å². The van der Waals surface area contributed by atoms with E-state index in [9.17, 15) is 5.11 Å². The van der Waals surface area contributed by atoms with Crippen molar-refractivity contribution in [3.8, 4) is 16.9 Å². The maximum Gasteiger partial charge on any atom is 0.124 e. The zero-order chi connectivity index (χ0) is 16.7. The Bertz CT molecular complexity index is 1020. The van der Waals surface area contributed by atoms with Crippen molar-refractivity contribution in [2.24, 2.45) is 5.73 Å². The molecule has 120 valence electrons. The summed E-state index contributed by atoms with van der Waals surface area (Å²) in [5.74, 6) is 0.274. The van der Waals surface area contributed by atoms with Crippen LogP contribution in [-0.2, 0) is 0 Å². The van der Waals surface area contributed by atoms with E-state index in [1.165, 1.54) is 0 Å². The third kappa shape index (κ3) is 2.35. The van der Waals surface area contributed by atoms with Gasteiger partial charge in [-0.15, -0.1) is 11.3 Å². The van der Waals surface area contributed by atoms with E-state index in [4.69, 9.17) is 5.73 Å². The number of benzene rings is 2. The predicted octanol–water partition coefficient (Wildman–Crippen LogP) is 5.23. The normalized spacial score (nSPS) is 12.8. The van der Waals surface area contributed by atoms with Crippen LogP contribution in [-0.4, -0.2) is 10.1 Å². The zero-order valence-electron chi connectivity index (χ0n) is 13.4. The number of nitrogens with two attached hydrogens (primary N) is 1. The van der Waals surface area contributed by atoms with Crippen molar-refractivity contribution in [1.82, 2.24) is 4.98 Å². The van der Waals surface area contributed by atoms with Gasteiger partial charge >= 0.3 is 0 Å². The molecule has 1 atom stereocenters. The summed E-state index contributed by atoms with van der Waals surface area (Å²) < 4.78 is 1.12. The first-order valence-corrected chi connectivity index (χ1v) is 8.90. The van der Waals surface area contributed by atoms with E-state index in [0.717, 1.165) is 44.1 Å². The Labute approximate surface area is 144 Å². The molecule has 0 saturated carbocycles. The van der Waals surface area contributed by atoms with Gasteiger partial charge in [-0.1, -0.05) is 31.2 Å². The standard InChI is InChI=1S/C20H18N2OS/c1-2-15(21)12-3-5-13(6-4-12)19-17(23)8-7-16-20(19)14-9-10-24-18(14)11-22-16/h3-11,15,23H,2,21H2,1H3. The second-order valence-electron chi connectivity index (χ2n) is 5.95. The minimum atomic E-state index is 0.0467. The highest BCUT2D eigenvalue weighted by Crippen LogP contribution is 2.40. The molecule has 0 aliphatic carbocycles. The smallest absolute Gasteiger partial charge is 0.124 e. The van der Waals surface area contributed by atoms with Crippen LogP contribution in [0.1, 0.15) is 24.9 Å². The van der Waals surface area contributed by atoms with Crippen LogP contribution < -0.4 is 5.73 Å². The van der Waals surface area contributed by atoms with Crippen LogP contribution in [0.3, 0.4) is 0 Å². The zero-order valence-corrected chi connectivity index (χ0v) is 14.2. The Kier molecular flexibility index (Phi) is 3.71. The van der Waals surface area contributed by atoms with Crippen LogP contribution in [0.15, 0.2) is 54.0 Å². The monoisotopic (exact) mass is 334 g/mol. The highest BCUT2D eigenvalue weighted by Gasteiger charge is 2.14. The van der Waals surface area contributed by atoms with Crippen LogP contribution in [0.25, 0.3) is 32.1 Å². The van der Waals surface area contributed by atoms with Crippen LogP contribution in [0.2, 0.25) is 0 Å².